The molecule has 0 amide bonds. The van der Waals surface area contributed by atoms with Crippen molar-refractivity contribution in [3.8, 4) is 0 Å². The van der Waals surface area contributed by atoms with Crippen LogP contribution in [0.25, 0.3) is 0 Å². The predicted molar refractivity (Wildman–Crippen MR) is 70.3 cm³/mol. The predicted octanol–water partition coefficient (Wildman–Crippen LogP) is 2.79. The highest BCUT2D eigenvalue weighted by molar-refractivity contribution is 9.10. The van der Waals surface area contributed by atoms with E-state index in [4.69, 9.17) is 9.84 Å². The average molecular weight is 315 g/mol. The zero-order valence-electron chi connectivity index (χ0n) is 10.3. The minimum absolute atomic E-state index is 0.550. The third kappa shape index (κ3) is 4.49. The van der Waals surface area contributed by atoms with E-state index in [9.17, 15) is 9.59 Å². The van der Waals surface area contributed by atoms with Gasteiger partial charge in [0.05, 0.1) is 0 Å². The van der Waals surface area contributed by atoms with Crippen LogP contribution in [0, 0.1) is 0 Å². The summed E-state index contributed by atoms with van der Waals surface area (Å²) in [5, 5.41) is 8.49. The molecule has 0 aromatic heterocycles. The van der Waals surface area contributed by atoms with E-state index in [0.717, 1.165) is 10.0 Å². The molecule has 1 rings (SSSR count). The van der Waals surface area contributed by atoms with Crippen molar-refractivity contribution in [2.75, 3.05) is 0 Å². The van der Waals surface area contributed by atoms with Gasteiger partial charge in [-0.05, 0) is 38.3 Å². The van der Waals surface area contributed by atoms with Crippen molar-refractivity contribution < 1.29 is 19.4 Å². The molecular formula is C13H15BrO4. The van der Waals surface area contributed by atoms with E-state index in [1.165, 1.54) is 0 Å². The lowest BCUT2D eigenvalue weighted by atomic mass is 9.98. The molecule has 0 saturated heterocycles. The van der Waals surface area contributed by atoms with Gasteiger partial charge in [0.1, 0.15) is 5.60 Å². The molecule has 98 valence electrons. The van der Waals surface area contributed by atoms with Crippen LogP contribution in [0.4, 0.5) is 0 Å². The van der Waals surface area contributed by atoms with Crippen molar-refractivity contribution in [3.05, 3.63) is 34.3 Å². The zero-order valence-corrected chi connectivity index (χ0v) is 11.9. The van der Waals surface area contributed by atoms with Crippen molar-refractivity contribution >= 4 is 27.9 Å². The molecule has 1 aromatic carbocycles. The van der Waals surface area contributed by atoms with Crippen LogP contribution >= 0.6 is 15.9 Å². The molecule has 0 unspecified atom stereocenters. The van der Waals surface area contributed by atoms with E-state index < -0.39 is 17.5 Å². The van der Waals surface area contributed by atoms with E-state index in [2.05, 4.69) is 15.9 Å². The Morgan fingerprint density at radius 1 is 1.33 bits per heavy atom. The molecule has 0 aliphatic rings. The number of benzene rings is 1. The first-order chi connectivity index (χ1) is 8.32. The van der Waals surface area contributed by atoms with Gasteiger partial charge in [0, 0.05) is 4.47 Å². The number of hydrogen-bond acceptors (Lipinski definition) is 3. The van der Waals surface area contributed by atoms with E-state index >= 15 is 0 Å². The molecule has 0 aliphatic carbocycles. The van der Waals surface area contributed by atoms with Crippen molar-refractivity contribution in [1.82, 2.24) is 0 Å². The van der Waals surface area contributed by atoms with Crippen molar-refractivity contribution in [3.63, 3.8) is 0 Å². The van der Waals surface area contributed by atoms with Gasteiger partial charge >= 0.3 is 11.9 Å². The SMILES string of the molecule is CC(C)(CCc1ccccc1Br)OC(=O)C(=O)O. The van der Waals surface area contributed by atoms with E-state index in [1.807, 2.05) is 24.3 Å². The summed E-state index contributed by atoms with van der Waals surface area (Å²) in [4.78, 5) is 21.4. The van der Waals surface area contributed by atoms with Gasteiger partial charge in [0.2, 0.25) is 0 Å². The lowest BCUT2D eigenvalue weighted by Crippen LogP contribution is -2.32. The first kappa shape index (κ1) is 14.7. The number of halogens is 1. The largest absolute Gasteiger partial charge is 0.473 e. The maximum absolute atomic E-state index is 11.0. The number of carbonyl (C=O) groups is 2. The summed E-state index contributed by atoms with van der Waals surface area (Å²) >= 11 is 3.44. The fourth-order valence-electron chi connectivity index (χ4n) is 1.48. The molecular weight excluding hydrogens is 300 g/mol. The number of ether oxygens (including phenoxy) is 1. The van der Waals surface area contributed by atoms with Crippen LogP contribution in [-0.4, -0.2) is 22.6 Å². The summed E-state index contributed by atoms with van der Waals surface area (Å²) in [6.07, 6.45) is 1.25. The highest BCUT2D eigenvalue weighted by Gasteiger charge is 2.26. The normalized spacial score (nSPS) is 11.1. The quantitative estimate of drug-likeness (QED) is 0.685. The number of hydrogen-bond donors (Lipinski definition) is 1. The smallest absolute Gasteiger partial charge is 0.417 e. The number of rotatable bonds is 4. The van der Waals surface area contributed by atoms with Crippen LogP contribution in [-0.2, 0) is 20.7 Å². The fraction of sp³-hybridized carbons (Fsp3) is 0.385. The molecule has 0 spiro atoms. The fourth-order valence-corrected chi connectivity index (χ4v) is 1.97. The van der Waals surface area contributed by atoms with Gasteiger partial charge in [-0.2, -0.15) is 0 Å². The molecule has 0 heterocycles. The van der Waals surface area contributed by atoms with Crippen molar-refractivity contribution in [1.29, 1.82) is 0 Å². The van der Waals surface area contributed by atoms with Crippen molar-refractivity contribution in [2.45, 2.75) is 32.3 Å². The van der Waals surface area contributed by atoms with Crippen LogP contribution in [0.15, 0.2) is 28.7 Å². The molecule has 1 N–H and O–H groups in total. The van der Waals surface area contributed by atoms with Gasteiger partial charge in [0.25, 0.3) is 0 Å². The lowest BCUT2D eigenvalue weighted by molar-refractivity contribution is -0.172. The monoisotopic (exact) mass is 314 g/mol. The van der Waals surface area contributed by atoms with Crippen LogP contribution in [0.2, 0.25) is 0 Å². The molecule has 0 radical (unpaired) electrons. The molecule has 0 saturated carbocycles. The highest BCUT2D eigenvalue weighted by Crippen LogP contribution is 2.22. The van der Waals surface area contributed by atoms with Gasteiger partial charge < -0.3 is 9.84 Å². The van der Waals surface area contributed by atoms with Crippen LogP contribution < -0.4 is 0 Å². The van der Waals surface area contributed by atoms with Gasteiger partial charge in [-0.1, -0.05) is 34.1 Å². The molecule has 1 aromatic rings. The van der Waals surface area contributed by atoms with Gasteiger partial charge in [-0.3, -0.25) is 0 Å². The number of esters is 1. The third-order valence-corrected chi connectivity index (χ3v) is 3.27. The van der Waals surface area contributed by atoms with E-state index in [0.29, 0.717) is 12.8 Å². The molecule has 0 atom stereocenters. The first-order valence-corrected chi connectivity index (χ1v) is 6.31. The lowest BCUT2D eigenvalue weighted by Gasteiger charge is -2.24. The van der Waals surface area contributed by atoms with Crippen LogP contribution in [0.3, 0.4) is 0 Å². The van der Waals surface area contributed by atoms with Crippen LogP contribution in [0.1, 0.15) is 25.8 Å². The Morgan fingerprint density at radius 3 is 2.50 bits per heavy atom. The zero-order chi connectivity index (χ0) is 13.8. The summed E-state index contributed by atoms with van der Waals surface area (Å²) in [7, 11) is 0. The van der Waals surface area contributed by atoms with Gasteiger partial charge in [0.15, 0.2) is 0 Å². The Labute approximate surface area is 114 Å². The van der Waals surface area contributed by atoms with Crippen LogP contribution in [0.5, 0.6) is 0 Å². The highest BCUT2D eigenvalue weighted by atomic mass is 79.9. The van der Waals surface area contributed by atoms with Gasteiger partial charge in [-0.15, -0.1) is 0 Å². The topological polar surface area (TPSA) is 63.6 Å². The summed E-state index contributed by atoms with van der Waals surface area (Å²) in [5.41, 5.74) is 0.294. The maximum atomic E-state index is 11.0. The number of aliphatic carboxylic acids is 1. The second-order valence-corrected chi connectivity index (χ2v) is 5.40. The number of aryl methyl sites for hydroxylation is 1. The molecule has 0 bridgehead atoms. The Kier molecular flexibility index (Phi) is 4.90. The molecule has 18 heavy (non-hydrogen) atoms. The number of carboxylic acids is 1. The molecule has 0 aliphatic heterocycles. The summed E-state index contributed by atoms with van der Waals surface area (Å²) < 4.78 is 5.90. The number of carbonyl (C=O) groups excluding carboxylic acids is 1. The summed E-state index contributed by atoms with van der Waals surface area (Å²) in [5.74, 6) is -2.78. The standard InChI is InChI=1S/C13H15BrO4/c1-13(2,18-12(17)11(15)16)8-7-9-5-3-4-6-10(9)14/h3-6H,7-8H2,1-2H3,(H,15,16). The summed E-state index contributed by atoms with van der Waals surface area (Å²) in [6, 6.07) is 7.75. The minimum Gasteiger partial charge on any atom is -0.473 e. The van der Waals surface area contributed by atoms with E-state index in [-0.39, 0.29) is 0 Å². The first-order valence-electron chi connectivity index (χ1n) is 5.51. The van der Waals surface area contributed by atoms with Crippen molar-refractivity contribution in [2.24, 2.45) is 0 Å². The minimum atomic E-state index is -1.57. The molecule has 4 nitrogen and oxygen atoms in total. The molecule has 5 heteroatoms. The average Bonchev–Trinajstić information content (AvgIpc) is 2.27. The second-order valence-electron chi connectivity index (χ2n) is 4.55. The third-order valence-electron chi connectivity index (χ3n) is 2.50. The Balaban J connectivity index is 2.59. The van der Waals surface area contributed by atoms with Gasteiger partial charge in [-0.25, -0.2) is 9.59 Å². The summed E-state index contributed by atoms with van der Waals surface area (Å²) in [6.45, 7) is 3.40. The second kappa shape index (κ2) is 6.00. The Morgan fingerprint density at radius 2 is 1.94 bits per heavy atom. The Bertz CT molecular complexity index is 454. The maximum Gasteiger partial charge on any atom is 0.417 e. The number of carboxylic acid groups (broad SMARTS) is 1. The molecule has 0 fully saturated rings. The van der Waals surface area contributed by atoms with E-state index in [1.54, 1.807) is 13.8 Å². The Hall–Kier alpha value is -1.36.